The van der Waals surface area contributed by atoms with E-state index >= 15 is 0 Å². The molecule has 4 nitrogen and oxygen atoms in total. The Kier molecular flexibility index (Phi) is 10.7. The lowest BCUT2D eigenvalue weighted by Gasteiger charge is -2.32. The number of carbonyl (C=O) groups is 2. The number of nitrogens with one attached hydrogen (secondary N) is 1. The summed E-state index contributed by atoms with van der Waals surface area (Å²) in [7, 11) is 0. The third-order valence-corrected chi connectivity index (χ3v) is 7.15. The Morgan fingerprint density at radius 3 is 2.17 bits per heavy atom. The van der Waals surface area contributed by atoms with Crippen molar-refractivity contribution in [1.82, 2.24) is 10.2 Å². The molecule has 1 atom stereocenters. The van der Waals surface area contributed by atoms with Crippen LogP contribution >= 0.6 is 35.0 Å². The highest BCUT2D eigenvalue weighted by atomic mass is 35.5. The van der Waals surface area contributed by atoms with Crippen LogP contribution in [0.2, 0.25) is 10.0 Å². The maximum Gasteiger partial charge on any atom is 0.243 e. The van der Waals surface area contributed by atoms with Crippen molar-refractivity contribution < 1.29 is 14.0 Å². The molecule has 1 N–H and O–H groups in total. The molecule has 2 amide bonds. The summed E-state index contributed by atoms with van der Waals surface area (Å²) in [6.07, 6.45) is 0.355. The van der Waals surface area contributed by atoms with Gasteiger partial charge in [-0.2, -0.15) is 0 Å². The maximum absolute atomic E-state index is 13.6. The fraction of sp³-hybridized carbons (Fsp3) is 0.286. The second kappa shape index (κ2) is 13.7. The lowest BCUT2D eigenvalue weighted by Crippen LogP contribution is -2.52. The number of halogens is 3. The standard InChI is InChI=1S/C28H29Cl2FN2O2S/c1-19(2)32-28(35)26(15-20-7-4-3-5-8-20)33(16-21-11-13-22(31)14-12-21)27(34)18-36-17-23-24(29)9-6-10-25(23)30/h3-14,19,26H,15-18H2,1-2H3,(H,32,35)/t26-/m1/s1. The zero-order valence-electron chi connectivity index (χ0n) is 20.2. The van der Waals surface area contributed by atoms with Gasteiger partial charge < -0.3 is 10.2 Å². The summed E-state index contributed by atoms with van der Waals surface area (Å²) in [5, 5.41) is 4.05. The van der Waals surface area contributed by atoms with Crippen LogP contribution in [0, 0.1) is 5.82 Å². The van der Waals surface area contributed by atoms with Gasteiger partial charge in [0.05, 0.1) is 5.75 Å². The zero-order valence-corrected chi connectivity index (χ0v) is 22.5. The second-order valence-corrected chi connectivity index (χ2v) is 10.5. The largest absolute Gasteiger partial charge is 0.352 e. The van der Waals surface area contributed by atoms with E-state index in [0.29, 0.717) is 22.2 Å². The van der Waals surface area contributed by atoms with Crippen LogP contribution in [0.4, 0.5) is 4.39 Å². The van der Waals surface area contributed by atoms with Gasteiger partial charge in [-0.05, 0) is 54.8 Å². The number of amides is 2. The monoisotopic (exact) mass is 546 g/mol. The first-order chi connectivity index (χ1) is 17.2. The fourth-order valence-corrected chi connectivity index (χ4v) is 5.36. The van der Waals surface area contributed by atoms with Crippen molar-refractivity contribution in [2.75, 3.05) is 5.75 Å². The summed E-state index contributed by atoms with van der Waals surface area (Å²) in [5.74, 6) is -0.211. The molecule has 3 rings (SSSR count). The van der Waals surface area contributed by atoms with E-state index in [2.05, 4.69) is 5.32 Å². The summed E-state index contributed by atoms with van der Waals surface area (Å²) in [6.45, 7) is 3.94. The molecule has 0 unspecified atom stereocenters. The Morgan fingerprint density at radius 1 is 0.917 bits per heavy atom. The van der Waals surface area contributed by atoms with E-state index in [1.54, 1.807) is 35.2 Å². The van der Waals surface area contributed by atoms with E-state index in [1.165, 1.54) is 23.9 Å². The van der Waals surface area contributed by atoms with Crippen molar-refractivity contribution >= 4 is 46.8 Å². The Balaban J connectivity index is 1.86. The minimum Gasteiger partial charge on any atom is -0.352 e. The molecule has 36 heavy (non-hydrogen) atoms. The number of thioether (sulfide) groups is 1. The van der Waals surface area contributed by atoms with Gasteiger partial charge in [-0.25, -0.2) is 4.39 Å². The Labute approximate surface area is 226 Å². The van der Waals surface area contributed by atoms with Gasteiger partial charge in [0, 0.05) is 34.8 Å². The van der Waals surface area contributed by atoms with Crippen LogP contribution in [-0.2, 0) is 28.3 Å². The first kappa shape index (κ1) is 28.0. The van der Waals surface area contributed by atoms with E-state index in [4.69, 9.17) is 23.2 Å². The molecule has 0 heterocycles. The molecule has 0 radical (unpaired) electrons. The average Bonchev–Trinajstić information content (AvgIpc) is 2.84. The molecule has 0 saturated heterocycles. The molecule has 0 aliphatic carbocycles. The number of benzene rings is 3. The highest BCUT2D eigenvalue weighted by Gasteiger charge is 2.30. The molecule has 0 bridgehead atoms. The van der Waals surface area contributed by atoms with Crippen molar-refractivity contribution in [2.24, 2.45) is 0 Å². The molecule has 8 heteroatoms. The lowest BCUT2D eigenvalue weighted by molar-refractivity contribution is -0.139. The van der Waals surface area contributed by atoms with E-state index in [-0.39, 0.29) is 36.0 Å². The van der Waals surface area contributed by atoms with Gasteiger partial charge in [0.1, 0.15) is 11.9 Å². The first-order valence-electron chi connectivity index (χ1n) is 11.6. The maximum atomic E-state index is 13.6. The Bertz CT molecular complexity index is 1140. The van der Waals surface area contributed by atoms with E-state index in [1.807, 2.05) is 44.2 Å². The van der Waals surface area contributed by atoms with E-state index in [0.717, 1.165) is 16.7 Å². The minimum atomic E-state index is -0.739. The normalized spacial score (nSPS) is 11.8. The molecule has 190 valence electrons. The summed E-state index contributed by atoms with van der Waals surface area (Å²) < 4.78 is 13.5. The number of hydrogen-bond acceptors (Lipinski definition) is 3. The van der Waals surface area contributed by atoms with Gasteiger partial charge in [0.15, 0.2) is 0 Å². The summed E-state index contributed by atoms with van der Waals surface area (Å²) >= 11 is 13.9. The van der Waals surface area contributed by atoms with Gasteiger partial charge >= 0.3 is 0 Å². The molecular weight excluding hydrogens is 518 g/mol. The molecule has 0 saturated carbocycles. The third kappa shape index (κ3) is 8.26. The summed E-state index contributed by atoms with van der Waals surface area (Å²) in [6, 6.07) is 20.0. The molecule has 0 spiro atoms. The number of carbonyl (C=O) groups excluding carboxylic acids is 2. The van der Waals surface area contributed by atoms with Crippen molar-refractivity contribution in [3.8, 4) is 0 Å². The van der Waals surface area contributed by atoms with Gasteiger partial charge in [-0.1, -0.05) is 71.7 Å². The first-order valence-corrected chi connectivity index (χ1v) is 13.5. The smallest absolute Gasteiger partial charge is 0.243 e. The molecule has 0 aromatic heterocycles. The molecule has 3 aromatic carbocycles. The summed E-state index contributed by atoms with van der Waals surface area (Å²) in [4.78, 5) is 28.5. The molecular formula is C28H29Cl2FN2O2S. The lowest BCUT2D eigenvalue weighted by atomic mass is 10.0. The third-order valence-electron chi connectivity index (χ3n) is 5.50. The number of nitrogens with zero attached hydrogens (tertiary/aromatic N) is 1. The van der Waals surface area contributed by atoms with Crippen LogP contribution in [-0.4, -0.2) is 34.6 Å². The second-order valence-electron chi connectivity index (χ2n) is 8.71. The quantitative estimate of drug-likeness (QED) is 0.297. The topological polar surface area (TPSA) is 49.4 Å². The predicted octanol–water partition coefficient (Wildman–Crippen LogP) is 6.53. The predicted molar refractivity (Wildman–Crippen MR) is 147 cm³/mol. The molecule has 3 aromatic rings. The fourth-order valence-electron chi connectivity index (χ4n) is 3.71. The van der Waals surface area contributed by atoms with Gasteiger partial charge in [0.2, 0.25) is 11.8 Å². The zero-order chi connectivity index (χ0) is 26.1. The van der Waals surface area contributed by atoms with Crippen molar-refractivity contribution in [1.29, 1.82) is 0 Å². The van der Waals surface area contributed by atoms with Gasteiger partial charge in [0.25, 0.3) is 0 Å². The van der Waals surface area contributed by atoms with Crippen molar-refractivity contribution in [2.45, 2.75) is 44.6 Å². The van der Waals surface area contributed by atoms with Crippen LogP contribution in [0.15, 0.2) is 72.8 Å². The van der Waals surface area contributed by atoms with Gasteiger partial charge in [-0.3, -0.25) is 9.59 Å². The van der Waals surface area contributed by atoms with Crippen LogP contribution in [0.3, 0.4) is 0 Å². The average molecular weight is 548 g/mol. The number of rotatable bonds is 11. The summed E-state index contributed by atoms with van der Waals surface area (Å²) in [5.41, 5.74) is 2.44. The Morgan fingerprint density at radius 2 is 1.56 bits per heavy atom. The Hall–Kier alpha value is -2.54. The molecule has 0 aliphatic heterocycles. The van der Waals surface area contributed by atoms with Crippen LogP contribution in [0.25, 0.3) is 0 Å². The SMILES string of the molecule is CC(C)NC(=O)[C@@H](Cc1ccccc1)N(Cc1ccc(F)cc1)C(=O)CSCc1c(Cl)cccc1Cl. The molecule has 0 aliphatic rings. The van der Waals surface area contributed by atoms with Crippen molar-refractivity contribution in [3.63, 3.8) is 0 Å². The van der Waals surface area contributed by atoms with Crippen molar-refractivity contribution in [3.05, 3.63) is 105 Å². The highest BCUT2D eigenvalue weighted by Crippen LogP contribution is 2.28. The van der Waals surface area contributed by atoms with Crippen LogP contribution in [0.1, 0.15) is 30.5 Å². The highest BCUT2D eigenvalue weighted by molar-refractivity contribution is 7.99. The molecule has 0 fully saturated rings. The van der Waals surface area contributed by atoms with Crippen LogP contribution in [0.5, 0.6) is 0 Å². The van der Waals surface area contributed by atoms with E-state index < -0.39 is 6.04 Å². The van der Waals surface area contributed by atoms with E-state index in [9.17, 15) is 14.0 Å². The number of hydrogen-bond donors (Lipinski definition) is 1. The van der Waals surface area contributed by atoms with Gasteiger partial charge in [-0.15, -0.1) is 11.8 Å². The van der Waals surface area contributed by atoms with Crippen LogP contribution < -0.4 is 5.32 Å². The minimum absolute atomic E-state index is 0.0877.